The van der Waals surface area contributed by atoms with E-state index >= 15 is 0 Å². The number of nitrogens with one attached hydrogen (secondary N) is 1. The van der Waals surface area contributed by atoms with Gasteiger partial charge in [-0.3, -0.25) is 4.79 Å². The van der Waals surface area contributed by atoms with Crippen molar-refractivity contribution in [2.24, 2.45) is 5.73 Å². The molecule has 0 bridgehead atoms. The van der Waals surface area contributed by atoms with Crippen LogP contribution in [0.15, 0.2) is 23.1 Å². The van der Waals surface area contributed by atoms with Crippen molar-refractivity contribution in [3.05, 3.63) is 29.3 Å². The van der Waals surface area contributed by atoms with Crippen LogP contribution in [-0.4, -0.2) is 33.2 Å². The van der Waals surface area contributed by atoms with Gasteiger partial charge in [0.2, 0.25) is 0 Å². The van der Waals surface area contributed by atoms with Crippen molar-refractivity contribution in [2.45, 2.75) is 17.7 Å². The van der Waals surface area contributed by atoms with Crippen LogP contribution in [0, 0.1) is 0 Å². The normalized spacial score (nSPS) is 16.9. The summed E-state index contributed by atoms with van der Waals surface area (Å²) in [5, 5.41) is 2.66. The highest BCUT2D eigenvalue weighted by atomic mass is 32.2. The zero-order valence-electron chi connectivity index (χ0n) is 9.98. The lowest BCUT2D eigenvalue weighted by Gasteiger charge is -2.16. The monoisotopic (exact) mass is 268 g/mol. The Kier molecular flexibility index (Phi) is 3.68. The number of aryl methyl sites for hydroxylation is 1. The lowest BCUT2D eigenvalue weighted by Crippen LogP contribution is -2.29. The number of carbonyl (C=O) groups is 1. The molecular weight excluding hydrogens is 252 g/mol. The van der Waals surface area contributed by atoms with Gasteiger partial charge in [-0.05, 0) is 36.6 Å². The average molecular weight is 268 g/mol. The average Bonchev–Trinajstić information content (AvgIpc) is 2.35. The molecule has 1 aromatic carbocycles. The van der Waals surface area contributed by atoms with E-state index in [2.05, 4.69) is 5.32 Å². The minimum absolute atomic E-state index is 0.193. The first kappa shape index (κ1) is 13.0. The zero-order chi connectivity index (χ0) is 13.2. The Hall–Kier alpha value is -1.40. The molecule has 1 amide bonds. The van der Waals surface area contributed by atoms with E-state index in [9.17, 15) is 13.2 Å². The van der Waals surface area contributed by atoms with Gasteiger partial charge in [-0.1, -0.05) is 0 Å². The fourth-order valence-corrected chi connectivity index (χ4v) is 3.65. The predicted molar refractivity (Wildman–Crippen MR) is 68.2 cm³/mol. The van der Waals surface area contributed by atoms with E-state index < -0.39 is 9.84 Å². The number of nitrogens with two attached hydrogens (primary N) is 1. The zero-order valence-corrected chi connectivity index (χ0v) is 10.8. The summed E-state index contributed by atoms with van der Waals surface area (Å²) in [5.41, 5.74) is 6.53. The number of hydrogen-bond donors (Lipinski definition) is 2. The number of sulfone groups is 1. The van der Waals surface area contributed by atoms with Gasteiger partial charge in [-0.25, -0.2) is 8.42 Å². The van der Waals surface area contributed by atoms with E-state index in [0.29, 0.717) is 36.4 Å². The van der Waals surface area contributed by atoms with Crippen molar-refractivity contribution in [1.29, 1.82) is 0 Å². The second-order valence-electron chi connectivity index (χ2n) is 4.29. The van der Waals surface area contributed by atoms with E-state index in [-0.39, 0.29) is 11.7 Å². The van der Waals surface area contributed by atoms with E-state index in [0.717, 1.165) is 5.56 Å². The van der Waals surface area contributed by atoms with Gasteiger partial charge in [0.1, 0.15) is 0 Å². The molecule has 1 heterocycles. The van der Waals surface area contributed by atoms with Crippen LogP contribution >= 0.6 is 0 Å². The van der Waals surface area contributed by atoms with Crippen molar-refractivity contribution < 1.29 is 13.2 Å². The lowest BCUT2D eigenvalue weighted by molar-refractivity contribution is 0.0954. The van der Waals surface area contributed by atoms with E-state index in [1.165, 1.54) is 6.07 Å². The molecule has 0 saturated carbocycles. The molecule has 98 valence electrons. The summed E-state index contributed by atoms with van der Waals surface area (Å²) in [6, 6.07) is 4.74. The van der Waals surface area contributed by atoms with Gasteiger partial charge in [0, 0.05) is 18.7 Å². The molecule has 1 aliphatic rings. The van der Waals surface area contributed by atoms with Crippen molar-refractivity contribution in [3.8, 4) is 0 Å². The molecule has 0 aliphatic carbocycles. The Bertz CT molecular complexity index is 567. The van der Waals surface area contributed by atoms with Gasteiger partial charge in [-0.2, -0.15) is 0 Å². The molecule has 0 unspecified atom stereocenters. The van der Waals surface area contributed by atoms with Gasteiger partial charge in [0.15, 0.2) is 9.84 Å². The highest BCUT2D eigenvalue weighted by molar-refractivity contribution is 7.91. The largest absolute Gasteiger partial charge is 0.351 e. The molecule has 6 heteroatoms. The minimum atomic E-state index is -3.15. The summed E-state index contributed by atoms with van der Waals surface area (Å²) in [6.45, 7) is 0.791. The maximum absolute atomic E-state index is 11.8. The highest BCUT2D eigenvalue weighted by Crippen LogP contribution is 2.25. The fourth-order valence-electron chi connectivity index (χ4n) is 2.07. The minimum Gasteiger partial charge on any atom is -0.351 e. The molecule has 1 aliphatic heterocycles. The number of carbonyl (C=O) groups excluding carboxylic acids is 1. The van der Waals surface area contributed by atoms with Gasteiger partial charge < -0.3 is 11.1 Å². The van der Waals surface area contributed by atoms with Gasteiger partial charge in [-0.15, -0.1) is 0 Å². The molecule has 0 aromatic heterocycles. The van der Waals surface area contributed by atoms with Crippen LogP contribution < -0.4 is 11.1 Å². The number of benzene rings is 1. The number of hydrogen-bond acceptors (Lipinski definition) is 4. The second kappa shape index (κ2) is 5.07. The van der Waals surface area contributed by atoms with Crippen LogP contribution in [0.1, 0.15) is 22.3 Å². The summed E-state index contributed by atoms with van der Waals surface area (Å²) in [7, 11) is -3.15. The molecule has 0 radical (unpaired) electrons. The van der Waals surface area contributed by atoms with Crippen molar-refractivity contribution >= 4 is 15.7 Å². The summed E-state index contributed by atoms with van der Waals surface area (Å²) in [4.78, 5) is 12.1. The topological polar surface area (TPSA) is 89.3 Å². The molecule has 2 rings (SSSR count). The highest BCUT2D eigenvalue weighted by Gasteiger charge is 2.24. The number of amides is 1. The lowest BCUT2D eigenvalue weighted by atomic mass is 10.1. The van der Waals surface area contributed by atoms with Gasteiger partial charge in [0.05, 0.1) is 10.6 Å². The van der Waals surface area contributed by atoms with E-state index in [4.69, 9.17) is 5.73 Å². The van der Waals surface area contributed by atoms with Crippen LogP contribution in [0.3, 0.4) is 0 Å². The first-order chi connectivity index (χ1) is 8.54. The van der Waals surface area contributed by atoms with Crippen LogP contribution in [0.4, 0.5) is 0 Å². The Morgan fingerprint density at radius 3 is 2.89 bits per heavy atom. The predicted octanol–water partition coefficient (Wildman–Crippen LogP) is 0.0950. The summed E-state index contributed by atoms with van der Waals surface area (Å²) < 4.78 is 23.6. The maximum atomic E-state index is 11.8. The van der Waals surface area contributed by atoms with Gasteiger partial charge in [0.25, 0.3) is 5.91 Å². The Morgan fingerprint density at radius 2 is 2.17 bits per heavy atom. The van der Waals surface area contributed by atoms with Crippen LogP contribution in [-0.2, 0) is 16.3 Å². The molecule has 0 atom stereocenters. The molecule has 1 aromatic rings. The SMILES string of the molecule is NCCNC(=O)c1ccc2c(c1)CCCS2(=O)=O. The summed E-state index contributed by atoms with van der Waals surface area (Å²) in [5.74, 6) is -0.0233. The fraction of sp³-hybridized carbons (Fsp3) is 0.417. The van der Waals surface area contributed by atoms with Crippen molar-refractivity contribution in [3.63, 3.8) is 0 Å². The van der Waals surface area contributed by atoms with Crippen LogP contribution in [0.25, 0.3) is 0 Å². The van der Waals surface area contributed by atoms with Crippen LogP contribution in [0.5, 0.6) is 0 Å². The first-order valence-corrected chi connectivity index (χ1v) is 7.54. The van der Waals surface area contributed by atoms with Crippen molar-refractivity contribution in [2.75, 3.05) is 18.8 Å². The summed E-state index contributed by atoms with van der Waals surface area (Å²) >= 11 is 0. The maximum Gasteiger partial charge on any atom is 0.251 e. The molecule has 3 N–H and O–H groups in total. The summed E-state index contributed by atoms with van der Waals surface area (Å²) in [6.07, 6.45) is 1.32. The van der Waals surface area contributed by atoms with E-state index in [1.807, 2.05) is 0 Å². The quantitative estimate of drug-likeness (QED) is 0.813. The molecular formula is C12H16N2O3S. The Morgan fingerprint density at radius 1 is 1.39 bits per heavy atom. The standard InChI is InChI=1S/C12H16N2O3S/c13-5-6-14-12(15)10-3-4-11-9(8-10)2-1-7-18(11,16)17/h3-4,8H,1-2,5-7,13H2,(H,14,15). The molecule has 0 spiro atoms. The van der Waals surface area contributed by atoms with Crippen LogP contribution in [0.2, 0.25) is 0 Å². The number of rotatable bonds is 3. The molecule has 0 fully saturated rings. The van der Waals surface area contributed by atoms with Crippen molar-refractivity contribution in [1.82, 2.24) is 5.32 Å². The van der Waals surface area contributed by atoms with E-state index in [1.54, 1.807) is 12.1 Å². The third-order valence-electron chi connectivity index (χ3n) is 2.95. The third kappa shape index (κ3) is 2.54. The molecule has 5 nitrogen and oxygen atoms in total. The first-order valence-electron chi connectivity index (χ1n) is 5.88. The molecule has 0 saturated heterocycles. The third-order valence-corrected chi connectivity index (χ3v) is 4.84. The second-order valence-corrected chi connectivity index (χ2v) is 6.37. The number of fused-ring (bicyclic) bond motifs is 1. The smallest absolute Gasteiger partial charge is 0.251 e. The Labute approximate surface area is 106 Å². The Balaban J connectivity index is 2.30. The van der Waals surface area contributed by atoms with Gasteiger partial charge >= 0.3 is 0 Å². The molecule has 18 heavy (non-hydrogen) atoms.